The van der Waals surface area contributed by atoms with Crippen molar-refractivity contribution in [3.05, 3.63) is 65.5 Å². The van der Waals surface area contributed by atoms with Crippen LogP contribution in [0.5, 0.6) is 5.75 Å². The first-order valence-electron chi connectivity index (χ1n) is 10.3. The highest BCUT2D eigenvalue weighted by molar-refractivity contribution is 5.88. The van der Waals surface area contributed by atoms with Crippen molar-refractivity contribution in [1.82, 2.24) is 10.2 Å². The third kappa shape index (κ3) is 7.17. The third-order valence-electron chi connectivity index (χ3n) is 4.72. The van der Waals surface area contributed by atoms with E-state index >= 15 is 0 Å². The number of rotatable bonds is 10. The summed E-state index contributed by atoms with van der Waals surface area (Å²) in [5, 5.41) is 2.93. The van der Waals surface area contributed by atoms with Gasteiger partial charge in [-0.1, -0.05) is 50.6 Å². The third-order valence-corrected chi connectivity index (χ3v) is 4.72. The lowest BCUT2D eigenvalue weighted by Gasteiger charge is -2.31. The van der Waals surface area contributed by atoms with Gasteiger partial charge in [-0.3, -0.25) is 9.59 Å². The number of hydrogen-bond acceptors (Lipinski definition) is 3. The second-order valence-corrected chi connectivity index (χ2v) is 7.81. The number of amides is 2. The monoisotopic (exact) mass is 414 g/mol. The summed E-state index contributed by atoms with van der Waals surface area (Å²) >= 11 is 0. The first-order valence-corrected chi connectivity index (χ1v) is 10.3. The van der Waals surface area contributed by atoms with Crippen LogP contribution in [0.4, 0.5) is 4.39 Å². The normalized spacial score (nSPS) is 11.8. The fourth-order valence-electron chi connectivity index (χ4n) is 2.99. The van der Waals surface area contributed by atoms with Crippen LogP contribution in [0.15, 0.2) is 48.5 Å². The van der Waals surface area contributed by atoms with E-state index in [1.165, 1.54) is 24.3 Å². The molecule has 5 nitrogen and oxygen atoms in total. The van der Waals surface area contributed by atoms with E-state index in [2.05, 4.69) is 5.32 Å². The Morgan fingerprint density at radius 1 is 1.07 bits per heavy atom. The van der Waals surface area contributed by atoms with Crippen LogP contribution in [0.2, 0.25) is 0 Å². The summed E-state index contributed by atoms with van der Waals surface area (Å²) in [7, 11) is 0. The fraction of sp³-hybridized carbons (Fsp3) is 0.417. The number of aryl methyl sites for hydroxylation is 1. The molecule has 0 aliphatic rings. The quantitative estimate of drug-likeness (QED) is 0.637. The van der Waals surface area contributed by atoms with E-state index in [1.54, 1.807) is 4.90 Å². The molecule has 0 saturated carbocycles. The van der Waals surface area contributed by atoms with Gasteiger partial charge < -0.3 is 15.0 Å². The molecule has 0 heterocycles. The molecule has 1 N–H and O–H groups in total. The van der Waals surface area contributed by atoms with Crippen molar-refractivity contribution in [2.75, 3.05) is 13.2 Å². The van der Waals surface area contributed by atoms with Crippen molar-refractivity contribution in [2.24, 2.45) is 5.92 Å². The van der Waals surface area contributed by atoms with Crippen LogP contribution in [0.3, 0.4) is 0 Å². The molecule has 2 aromatic rings. The maximum Gasteiger partial charge on any atom is 0.261 e. The highest BCUT2D eigenvalue weighted by Crippen LogP contribution is 2.15. The number of benzene rings is 2. The zero-order chi connectivity index (χ0) is 22.1. The van der Waals surface area contributed by atoms with Crippen LogP contribution in [0.25, 0.3) is 0 Å². The van der Waals surface area contributed by atoms with E-state index in [9.17, 15) is 14.0 Å². The Bertz CT molecular complexity index is 819. The van der Waals surface area contributed by atoms with Gasteiger partial charge in [-0.05, 0) is 49.1 Å². The minimum Gasteiger partial charge on any atom is -0.484 e. The highest BCUT2D eigenvalue weighted by atomic mass is 19.1. The lowest BCUT2D eigenvalue weighted by atomic mass is 10.1. The van der Waals surface area contributed by atoms with Gasteiger partial charge in [-0.2, -0.15) is 0 Å². The standard InChI is InChI=1S/C24H31FN2O3/c1-5-22(24(29)26-14-17(2)3)27(15-19-8-6-18(4)7-9-19)23(28)16-30-21-12-10-20(25)11-13-21/h6-13,17,22H,5,14-16H2,1-4H3,(H,26,29)/t22-/m0/s1. The van der Waals surface area contributed by atoms with E-state index in [-0.39, 0.29) is 24.2 Å². The molecule has 0 aliphatic heterocycles. The molecule has 2 aromatic carbocycles. The molecular formula is C24H31FN2O3. The van der Waals surface area contributed by atoms with Gasteiger partial charge in [0.15, 0.2) is 6.61 Å². The number of halogens is 1. The van der Waals surface area contributed by atoms with E-state index in [0.29, 0.717) is 31.2 Å². The number of ether oxygens (including phenoxy) is 1. The molecule has 0 aromatic heterocycles. The lowest BCUT2D eigenvalue weighted by molar-refractivity contribution is -0.143. The first-order chi connectivity index (χ1) is 14.3. The Kier molecular flexibility index (Phi) is 8.84. The predicted molar refractivity (Wildman–Crippen MR) is 116 cm³/mol. The number of carbonyl (C=O) groups excluding carboxylic acids is 2. The fourth-order valence-corrected chi connectivity index (χ4v) is 2.99. The number of nitrogens with one attached hydrogen (secondary N) is 1. The van der Waals surface area contributed by atoms with E-state index in [1.807, 2.05) is 52.0 Å². The summed E-state index contributed by atoms with van der Waals surface area (Å²) in [5.41, 5.74) is 2.06. The topological polar surface area (TPSA) is 58.6 Å². The van der Waals surface area contributed by atoms with Crippen LogP contribution in [-0.2, 0) is 16.1 Å². The van der Waals surface area contributed by atoms with Crippen molar-refractivity contribution < 1.29 is 18.7 Å². The largest absolute Gasteiger partial charge is 0.484 e. The summed E-state index contributed by atoms with van der Waals surface area (Å²) < 4.78 is 18.6. The second-order valence-electron chi connectivity index (χ2n) is 7.81. The molecule has 0 saturated heterocycles. The average molecular weight is 415 g/mol. The van der Waals surface area contributed by atoms with Crippen molar-refractivity contribution in [2.45, 2.75) is 46.7 Å². The van der Waals surface area contributed by atoms with Crippen LogP contribution >= 0.6 is 0 Å². The molecule has 6 heteroatoms. The van der Waals surface area contributed by atoms with Crippen LogP contribution < -0.4 is 10.1 Å². The summed E-state index contributed by atoms with van der Waals surface area (Å²) in [6, 6.07) is 12.8. The molecule has 2 rings (SSSR count). The lowest BCUT2D eigenvalue weighted by Crippen LogP contribution is -2.50. The first kappa shape index (κ1) is 23.4. The van der Waals surface area contributed by atoms with Crippen molar-refractivity contribution in [3.63, 3.8) is 0 Å². The number of hydrogen-bond donors (Lipinski definition) is 1. The van der Waals surface area contributed by atoms with Gasteiger partial charge in [-0.25, -0.2) is 4.39 Å². The van der Waals surface area contributed by atoms with E-state index in [4.69, 9.17) is 4.74 Å². The van der Waals surface area contributed by atoms with Crippen LogP contribution in [0, 0.1) is 18.7 Å². The van der Waals surface area contributed by atoms with Crippen molar-refractivity contribution in [3.8, 4) is 5.75 Å². The van der Waals surface area contributed by atoms with E-state index < -0.39 is 6.04 Å². The number of nitrogens with zero attached hydrogens (tertiary/aromatic N) is 1. The molecule has 0 unspecified atom stereocenters. The molecule has 0 fully saturated rings. The van der Waals surface area contributed by atoms with Gasteiger partial charge in [0.25, 0.3) is 5.91 Å². The van der Waals surface area contributed by atoms with E-state index in [0.717, 1.165) is 11.1 Å². The van der Waals surface area contributed by atoms with Gasteiger partial charge in [-0.15, -0.1) is 0 Å². The predicted octanol–water partition coefficient (Wildman–Crippen LogP) is 4.09. The zero-order valence-corrected chi connectivity index (χ0v) is 18.2. The Morgan fingerprint density at radius 3 is 2.27 bits per heavy atom. The van der Waals surface area contributed by atoms with Crippen molar-refractivity contribution >= 4 is 11.8 Å². The second kappa shape index (κ2) is 11.3. The Hall–Kier alpha value is -2.89. The van der Waals surface area contributed by atoms with Crippen LogP contribution in [0.1, 0.15) is 38.3 Å². The van der Waals surface area contributed by atoms with Gasteiger partial charge >= 0.3 is 0 Å². The zero-order valence-electron chi connectivity index (χ0n) is 18.2. The van der Waals surface area contributed by atoms with Crippen LogP contribution in [-0.4, -0.2) is 35.9 Å². The number of carbonyl (C=O) groups is 2. The molecule has 0 aliphatic carbocycles. The van der Waals surface area contributed by atoms with Gasteiger partial charge in [0.1, 0.15) is 17.6 Å². The molecule has 162 valence electrons. The Balaban J connectivity index is 2.17. The molecule has 30 heavy (non-hydrogen) atoms. The smallest absolute Gasteiger partial charge is 0.261 e. The minimum absolute atomic E-state index is 0.173. The molecule has 0 bridgehead atoms. The average Bonchev–Trinajstić information content (AvgIpc) is 2.72. The Morgan fingerprint density at radius 2 is 1.70 bits per heavy atom. The summed E-state index contributed by atoms with van der Waals surface area (Å²) in [6.07, 6.45) is 0.484. The maximum absolute atomic E-state index is 13.1. The highest BCUT2D eigenvalue weighted by Gasteiger charge is 2.29. The Labute approximate surface area is 178 Å². The molecule has 2 amide bonds. The molecule has 1 atom stereocenters. The summed E-state index contributed by atoms with van der Waals surface area (Å²) in [5.74, 6) is -0.130. The molecular weight excluding hydrogens is 383 g/mol. The SMILES string of the molecule is CC[C@@H](C(=O)NCC(C)C)N(Cc1ccc(C)cc1)C(=O)COc1ccc(F)cc1. The maximum atomic E-state index is 13.1. The minimum atomic E-state index is -0.602. The van der Waals surface area contributed by atoms with Gasteiger partial charge in [0.05, 0.1) is 0 Å². The molecule has 0 radical (unpaired) electrons. The van der Waals surface area contributed by atoms with Crippen molar-refractivity contribution in [1.29, 1.82) is 0 Å². The van der Waals surface area contributed by atoms with Gasteiger partial charge in [0.2, 0.25) is 5.91 Å². The molecule has 0 spiro atoms. The summed E-state index contributed by atoms with van der Waals surface area (Å²) in [4.78, 5) is 27.4. The van der Waals surface area contributed by atoms with Gasteiger partial charge in [0, 0.05) is 13.1 Å². The summed E-state index contributed by atoms with van der Waals surface area (Å²) in [6.45, 7) is 8.55.